The van der Waals surface area contributed by atoms with Crippen LogP contribution in [0.5, 0.6) is 0 Å². The molecule has 0 aliphatic carbocycles. The molecule has 3 aromatic rings. The normalized spacial score (nSPS) is 10.6. The lowest BCUT2D eigenvalue weighted by Crippen LogP contribution is -1.93. The van der Waals surface area contributed by atoms with Gasteiger partial charge in [0.15, 0.2) is 0 Å². The molecule has 1 heterocycles. The summed E-state index contributed by atoms with van der Waals surface area (Å²) in [5, 5.41) is 0.726. The Balaban J connectivity index is 2.18. The molecule has 0 fully saturated rings. The van der Waals surface area contributed by atoms with E-state index in [1.165, 1.54) is 11.1 Å². The second-order valence-electron chi connectivity index (χ2n) is 5.11. The first-order valence-corrected chi connectivity index (χ1v) is 7.16. The van der Waals surface area contributed by atoms with Gasteiger partial charge < -0.3 is 0 Å². The predicted octanol–water partition coefficient (Wildman–Crippen LogP) is 5.08. The van der Waals surface area contributed by atoms with Crippen molar-refractivity contribution in [1.29, 1.82) is 0 Å². The van der Waals surface area contributed by atoms with E-state index in [1.54, 1.807) is 6.33 Å². The highest BCUT2D eigenvalue weighted by molar-refractivity contribution is 6.30. The summed E-state index contributed by atoms with van der Waals surface area (Å²) in [6, 6.07) is 14.2. The lowest BCUT2D eigenvalue weighted by Gasteiger charge is -2.11. The molecule has 21 heavy (non-hydrogen) atoms. The lowest BCUT2D eigenvalue weighted by molar-refractivity contribution is 1.17. The molecule has 0 amide bonds. The van der Waals surface area contributed by atoms with E-state index in [1.807, 2.05) is 30.5 Å². The van der Waals surface area contributed by atoms with Crippen molar-refractivity contribution in [1.82, 2.24) is 9.97 Å². The number of hydrogen-bond acceptors (Lipinski definition) is 2. The summed E-state index contributed by atoms with van der Waals surface area (Å²) < 4.78 is 0. The van der Waals surface area contributed by atoms with Gasteiger partial charge in [0.25, 0.3) is 0 Å². The van der Waals surface area contributed by atoms with Crippen LogP contribution in [-0.2, 0) is 0 Å². The topological polar surface area (TPSA) is 25.8 Å². The zero-order valence-corrected chi connectivity index (χ0v) is 12.7. The van der Waals surface area contributed by atoms with E-state index in [9.17, 15) is 0 Å². The fourth-order valence-electron chi connectivity index (χ4n) is 2.46. The Morgan fingerprint density at radius 3 is 2.38 bits per heavy atom. The molecule has 0 N–H and O–H groups in total. The zero-order valence-electron chi connectivity index (χ0n) is 12.0. The Hall–Kier alpha value is -2.19. The molecule has 0 unspecified atom stereocenters. The van der Waals surface area contributed by atoms with Crippen LogP contribution in [0.2, 0.25) is 5.02 Å². The second kappa shape index (κ2) is 5.66. The van der Waals surface area contributed by atoms with Crippen LogP contribution >= 0.6 is 11.6 Å². The van der Waals surface area contributed by atoms with Crippen LogP contribution in [0.1, 0.15) is 11.1 Å². The Bertz CT molecular complexity index is 779. The minimum atomic E-state index is 0.726. The molecule has 2 nitrogen and oxygen atoms in total. The molecule has 0 bridgehead atoms. The van der Waals surface area contributed by atoms with Crippen LogP contribution in [0.3, 0.4) is 0 Å². The standard InChI is InChI=1S/C18H15ClN2/c1-12-3-8-16(13(2)9-12)18-17(10-20-11-21-18)14-4-6-15(19)7-5-14/h3-11H,1-2H3. The van der Waals surface area contributed by atoms with Gasteiger partial charge in [-0.2, -0.15) is 0 Å². The van der Waals surface area contributed by atoms with E-state index in [4.69, 9.17) is 11.6 Å². The van der Waals surface area contributed by atoms with Gasteiger partial charge in [-0.25, -0.2) is 9.97 Å². The fraction of sp³-hybridized carbons (Fsp3) is 0.111. The molecule has 0 radical (unpaired) electrons. The van der Waals surface area contributed by atoms with Crippen LogP contribution in [0.4, 0.5) is 0 Å². The van der Waals surface area contributed by atoms with Crippen molar-refractivity contribution >= 4 is 11.6 Å². The summed E-state index contributed by atoms with van der Waals surface area (Å²) in [5.74, 6) is 0. The number of nitrogens with zero attached hydrogens (tertiary/aromatic N) is 2. The van der Waals surface area contributed by atoms with E-state index in [2.05, 4.69) is 42.0 Å². The summed E-state index contributed by atoms with van der Waals surface area (Å²) in [7, 11) is 0. The fourth-order valence-corrected chi connectivity index (χ4v) is 2.59. The van der Waals surface area contributed by atoms with Gasteiger partial charge in [0.2, 0.25) is 0 Å². The average Bonchev–Trinajstić information content (AvgIpc) is 2.48. The SMILES string of the molecule is Cc1ccc(-c2ncncc2-c2ccc(Cl)cc2)c(C)c1. The third-order valence-electron chi connectivity index (χ3n) is 3.50. The van der Waals surface area contributed by atoms with Crippen LogP contribution in [-0.4, -0.2) is 9.97 Å². The quantitative estimate of drug-likeness (QED) is 0.658. The van der Waals surface area contributed by atoms with Crippen molar-refractivity contribution < 1.29 is 0 Å². The monoisotopic (exact) mass is 294 g/mol. The first kappa shape index (κ1) is 13.8. The Kier molecular flexibility index (Phi) is 3.72. The molecule has 0 saturated carbocycles. The van der Waals surface area contributed by atoms with Gasteiger partial charge in [-0.3, -0.25) is 0 Å². The van der Waals surface area contributed by atoms with Crippen molar-refractivity contribution in [2.24, 2.45) is 0 Å². The number of rotatable bonds is 2. The molecule has 3 heteroatoms. The van der Waals surface area contributed by atoms with Crippen molar-refractivity contribution in [2.75, 3.05) is 0 Å². The lowest BCUT2D eigenvalue weighted by atomic mass is 9.97. The van der Waals surface area contributed by atoms with Gasteiger partial charge in [0.1, 0.15) is 6.33 Å². The summed E-state index contributed by atoms with van der Waals surface area (Å²) in [4.78, 5) is 8.67. The number of aromatic nitrogens is 2. The van der Waals surface area contributed by atoms with Gasteiger partial charge in [-0.1, -0.05) is 47.5 Å². The van der Waals surface area contributed by atoms with Crippen LogP contribution < -0.4 is 0 Å². The van der Waals surface area contributed by atoms with Crippen LogP contribution in [0.25, 0.3) is 22.4 Å². The van der Waals surface area contributed by atoms with Crippen molar-refractivity contribution in [3.63, 3.8) is 0 Å². The molecular weight excluding hydrogens is 280 g/mol. The third kappa shape index (κ3) is 2.81. The number of aryl methyl sites for hydroxylation is 2. The van der Waals surface area contributed by atoms with E-state index >= 15 is 0 Å². The van der Waals surface area contributed by atoms with Crippen LogP contribution in [0.15, 0.2) is 55.0 Å². The molecule has 0 aliphatic rings. The molecule has 3 rings (SSSR count). The minimum absolute atomic E-state index is 0.726. The van der Waals surface area contributed by atoms with Gasteiger partial charge >= 0.3 is 0 Å². The summed E-state index contributed by atoms with van der Waals surface area (Å²) in [6.07, 6.45) is 3.44. The number of benzene rings is 2. The highest BCUT2D eigenvalue weighted by atomic mass is 35.5. The molecule has 1 aromatic heterocycles. The molecule has 0 atom stereocenters. The number of halogens is 1. The molecular formula is C18H15ClN2. The van der Waals surface area contributed by atoms with Gasteiger partial charge in [-0.15, -0.1) is 0 Å². The maximum absolute atomic E-state index is 5.97. The first-order valence-electron chi connectivity index (χ1n) is 6.79. The van der Waals surface area contributed by atoms with Gasteiger partial charge in [0.05, 0.1) is 5.69 Å². The Morgan fingerprint density at radius 2 is 1.67 bits per heavy atom. The maximum Gasteiger partial charge on any atom is 0.116 e. The smallest absolute Gasteiger partial charge is 0.116 e. The minimum Gasteiger partial charge on any atom is -0.244 e. The third-order valence-corrected chi connectivity index (χ3v) is 3.76. The Morgan fingerprint density at radius 1 is 0.905 bits per heavy atom. The van der Waals surface area contributed by atoms with E-state index in [0.717, 1.165) is 27.4 Å². The summed E-state index contributed by atoms with van der Waals surface area (Å²) in [6.45, 7) is 4.20. The molecule has 0 aliphatic heterocycles. The number of hydrogen-bond donors (Lipinski definition) is 0. The first-order chi connectivity index (χ1) is 10.1. The average molecular weight is 295 g/mol. The molecule has 104 valence electrons. The van der Waals surface area contributed by atoms with Crippen molar-refractivity contribution in [3.8, 4) is 22.4 Å². The van der Waals surface area contributed by atoms with Gasteiger partial charge in [-0.05, 0) is 37.1 Å². The molecule has 2 aromatic carbocycles. The summed E-state index contributed by atoms with van der Waals surface area (Å²) >= 11 is 5.97. The maximum atomic E-state index is 5.97. The van der Waals surface area contributed by atoms with E-state index in [-0.39, 0.29) is 0 Å². The van der Waals surface area contributed by atoms with Gasteiger partial charge in [0, 0.05) is 22.3 Å². The molecule has 0 saturated heterocycles. The largest absolute Gasteiger partial charge is 0.244 e. The Labute approximate surface area is 129 Å². The van der Waals surface area contributed by atoms with Crippen molar-refractivity contribution in [2.45, 2.75) is 13.8 Å². The highest BCUT2D eigenvalue weighted by Crippen LogP contribution is 2.32. The van der Waals surface area contributed by atoms with Crippen LogP contribution in [0, 0.1) is 13.8 Å². The molecule has 0 spiro atoms. The highest BCUT2D eigenvalue weighted by Gasteiger charge is 2.11. The van der Waals surface area contributed by atoms with E-state index in [0.29, 0.717) is 0 Å². The predicted molar refractivity (Wildman–Crippen MR) is 87.4 cm³/mol. The zero-order chi connectivity index (χ0) is 14.8. The van der Waals surface area contributed by atoms with E-state index < -0.39 is 0 Å². The summed E-state index contributed by atoms with van der Waals surface area (Å²) in [5.41, 5.74) is 6.62. The second-order valence-corrected chi connectivity index (χ2v) is 5.55. The van der Waals surface area contributed by atoms with Crippen molar-refractivity contribution in [3.05, 3.63) is 71.1 Å².